The topological polar surface area (TPSA) is 29.1 Å². The summed E-state index contributed by atoms with van der Waals surface area (Å²) in [5.74, 6) is 0.138. The molecule has 2 rings (SSSR count). The third-order valence-electron chi connectivity index (χ3n) is 3.89. The number of halogens is 2. The van der Waals surface area contributed by atoms with Crippen molar-refractivity contribution in [3.05, 3.63) is 33.8 Å². The van der Waals surface area contributed by atoms with Gasteiger partial charge in [0.2, 0.25) is 0 Å². The smallest absolute Gasteiger partial charge is 0.170 e. The van der Waals surface area contributed by atoms with E-state index in [4.69, 9.17) is 23.2 Å². The Morgan fingerprint density at radius 2 is 2.00 bits per heavy atom. The molecule has 0 atom stereocenters. The van der Waals surface area contributed by atoms with Crippen LogP contribution in [0.4, 0.5) is 0 Å². The summed E-state index contributed by atoms with van der Waals surface area (Å²) in [5, 5.41) is 4.35. The summed E-state index contributed by atoms with van der Waals surface area (Å²) in [6.07, 6.45) is 2.58. The van der Waals surface area contributed by atoms with Crippen LogP contribution < -0.4 is 5.32 Å². The van der Waals surface area contributed by atoms with Crippen molar-refractivity contribution < 1.29 is 4.79 Å². The monoisotopic (exact) mass is 285 g/mol. The molecule has 0 aromatic heterocycles. The number of carbonyl (C=O) groups is 1. The molecule has 1 fully saturated rings. The van der Waals surface area contributed by atoms with Crippen LogP contribution >= 0.6 is 23.2 Å². The fraction of sp³-hybridized carbons (Fsp3) is 0.500. The van der Waals surface area contributed by atoms with Gasteiger partial charge in [-0.15, -0.1) is 0 Å². The molecule has 2 nitrogen and oxygen atoms in total. The highest BCUT2D eigenvalue weighted by Gasteiger charge is 2.38. The average molecular weight is 286 g/mol. The summed E-state index contributed by atoms with van der Waals surface area (Å²) < 4.78 is 0. The van der Waals surface area contributed by atoms with Crippen molar-refractivity contribution in [1.29, 1.82) is 0 Å². The van der Waals surface area contributed by atoms with Gasteiger partial charge in [-0.1, -0.05) is 30.1 Å². The number of benzene rings is 1. The summed E-state index contributed by atoms with van der Waals surface area (Å²) >= 11 is 12.1. The van der Waals surface area contributed by atoms with Crippen LogP contribution in [0, 0.1) is 5.41 Å². The van der Waals surface area contributed by atoms with Crippen molar-refractivity contribution in [1.82, 2.24) is 5.32 Å². The Kier molecular flexibility index (Phi) is 4.31. The molecule has 0 amide bonds. The van der Waals surface area contributed by atoms with Crippen LogP contribution in [0.3, 0.4) is 0 Å². The lowest BCUT2D eigenvalue weighted by Crippen LogP contribution is -2.41. The number of piperidine rings is 1. The van der Waals surface area contributed by atoms with E-state index in [2.05, 4.69) is 12.2 Å². The number of ketones is 1. The van der Waals surface area contributed by atoms with E-state index in [1.54, 1.807) is 18.2 Å². The number of Topliss-reactive ketones (excluding diaryl/α,β-unsaturated/α-hetero) is 1. The molecular formula is C14H17Cl2NO. The Morgan fingerprint density at radius 1 is 1.33 bits per heavy atom. The van der Waals surface area contributed by atoms with Crippen molar-refractivity contribution in [3.63, 3.8) is 0 Å². The molecule has 1 aromatic carbocycles. The molecule has 1 aromatic rings. The van der Waals surface area contributed by atoms with Gasteiger partial charge in [-0.05, 0) is 50.6 Å². The molecule has 18 heavy (non-hydrogen) atoms. The van der Waals surface area contributed by atoms with Gasteiger partial charge in [0.1, 0.15) is 0 Å². The van der Waals surface area contributed by atoms with E-state index < -0.39 is 0 Å². The first kappa shape index (κ1) is 13.9. The van der Waals surface area contributed by atoms with E-state index in [-0.39, 0.29) is 11.2 Å². The zero-order valence-electron chi connectivity index (χ0n) is 10.4. The highest BCUT2D eigenvalue weighted by atomic mass is 35.5. The van der Waals surface area contributed by atoms with Gasteiger partial charge in [0.05, 0.1) is 5.02 Å². The molecule has 1 saturated heterocycles. The Balaban J connectivity index is 2.36. The number of rotatable bonds is 3. The lowest BCUT2D eigenvalue weighted by atomic mass is 9.71. The quantitative estimate of drug-likeness (QED) is 0.852. The lowest BCUT2D eigenvalue weighted by Gasteiger charge is -2.35. The second kappa shape index (κ2) is 5.60. The molecule has 0 aliphatic carbocycles. The highest BCUT2D eigenvalue weighted by Crippen LogP contribution is 2.38. The Morgan fingerprint density at radius 3 is 2.61 bits per heavy atom. The molecule has 1 N–H and O–H groups in total. The molecule has 98 valence electrons. The normalized spacial score (nSPS) is 18.6. The Hall–Kier alpha value is -0.570. The molecule has 1 aliphatic heterocycles. The van der Waals surface area contributed by atoms with E-state index in [9.17, 15) is 4.79 Å². The van der Waals surface area contributed by atoms with E-state index in [0.717, 1.165) is 32.4 Å². The molecule has 1 heterocycles. The van der Waals surface area contributed by atoms with Gasteiger partial charge in [-0.3, -0.25) is 4.79 Å². The minimum absolute atomic E-state index is 0.138. The zero-order chi connectivity index (χ0) is 13.2. The Bertz CT molecular complexity index is 453. The molecule has 0 bridgehead atoms. The van der Waals surface area contributed by atoms with Crippen LogP contribution in [0.25, 0.3) is 0 Å². The molecule has 0 radical (unpaired) electrons. The van der Waals surface area contributed by atoms with Crippen LogP contribution in [0.15, 0.2) is 18.2 Å². The number of carbonyl (C=O) groups excluding carboxylic acids is 1. The highest BCUT2D eigenvalue weighted by molar-refractivity contribution is 6.36. The first-order chi connectivity index (χ1) is 8.59. The average Bonchev–Trinajstić information content (AvgIpc) is 2.41. The van der Waals surface area contributed by atoms with Crippen molar-refractivity contribution in [3.8, 4) is 0 Å². The third kappa shape index (κ3) is 2.56. The molecule has 4 heteroatoms. The summed E-state index contributed by atoms with van der Waals surface area (Å²) in [6.45, 7) is 3.84. The SMILES string of the molecule is CCC1(C(=O)c2cc(Cl)ccc2Cl)CCNCC1. The van der Waals surface area contributed by atoms with Crippen LogP contribution in [0.5, 0.6) is 0 Å². The van der Waals surface area contributed by atoms with Gasteiger partial charge in [0.25, 0.3) is 0 Å². The first-order valence-electron chi connectivity index (χ1n) is 6.29. The summed E-state index contributed by atoms with van der Waals surface area (Å²) in [6, 6.07) is 5.09. The van der Waals surface area contributed by atoms with Gasteiger partial charge < -0.3 is 5.32 Å². The number of hydrogen-bond donors (Lipinski definition) is 1. The van der Waals surface area contributed by atoms with Crippen LogP contribution in [-0.4, -0.2) is 18.9 Å². The second-order valence-electron chi connectivity index (χ2n) is 4.84. The van der Waals surface area contributed by atoms with Crippen molar-refractivity contribution in [2.75, 3.05) is 13.1 Å². The van der Waals surface area contributed by atoms with Crippen LogP contribution in [-0.2, 0) is 0 Å². The van der Waals surface area contributed by atoms with Crippen molar-refractivity contribution >= 4 is 29.0 Å². The molecule has 0 saturated carbocycles. The van der Waals surface area contributed by atoms with E-state index in [1.165, 1.54) is 0 Å². The predicted molar refractivity (Wildman–Crippen MR) is 75.6 cm³/mol. The van der Waals surface area contributed by atoms with Gasteiger partial charge in [-0.25, -0.2) is 0 Å². The largest absolute Gasteiger partial charge is 0.317 e. The third-order valence-corrected chi connectivity index (χ3v) is 4.46. The number of nitrogens with one attached hydrogen (secondary N) is 1. The molecular weight excluding hydrogens is 269 g/mol. The van der Waals surface area contributed by atoms with Gasteiger partial charge >= 0.3 is 0 Å². The minimum Gasteiger partial charge on any atom is -0.317 e. The molecule has 1 aliphatic rings. The maximum absolute atomic E-state index is 12.8. The summed E-state index contributed by atoms with van der Waals surface area (Å²) in [7, 11) is 0. The zero-order valence-corrected chi connectivity index (χ0v) is 11.9. The van der Waals surface area contributed by atoms with Crippen molar-refractivity contribution in [2.24, 2.45) is 5.41 Å². The first-order valence-corrected chi connectivity index (χ1v) is 7.05. The maximum Gasteiger partial charge on any atom is 0.170 e. The van der Waals surface area contributed by atoms with E-state index >= 15 is 0 Å². The Labute approximate surface area is 118 Å². The fourth-order valence-corrected chi connectivity index (χ4v) is 2.98. The van der Waals surface area contributed by atoms with Gasteiger partial charge in [-0.2, -0.15) is 0 Å². The molecule has 0 spiro atoms. The van der Waals surface area contributed by atoms with E-state index in [0.29, 0.717) is 15.6 Å². The van der Waals surface area contributed by atoms with Crippen LogP contribution in [0.1, 0.15) is 36.5 Å². The second-order valence-corrected chi connectivity index (χ2v) is 5.68. The maximum atomic E-state index is 12.8. The molecule has 0 unspecified atom stereocenters. The standard InChI is InChI=1S/C14H17Cl2NO/c1-2-14(5-7-17-8-6-14)13(18)11-9-10(15)3-4-12(11)16/h3-4,9,17H,2,5-8H2,1H3. The predicted octanol–water partition coefficient (Wildman–Crippen LogP) is 3.96. The summed E-state index contributed by atoms with van der Waals surface area (Å²) in [4.78, 5) is 12.8. The van der Waals surface area contributed by atoms with E-state index in [1.807, 2.05) is 0 Å². The minimum atomic E-state index is -0.278. The van der Waals surface area contributed by atoms with Gasteiger partial charge in [0, 0.05) is 16.0 Å². The fourth-order valence-electron chi connectivity index (χ4n) is 2.60. The number of hydrogen-bond acceptors (Lipinski definition) is 2. The summed E-state index contributed by atoms with van der Waals surface area (Å²) in [5.41, 5.74) is 0.285. The van der Waals surface area contributed by atoms with Crippen molar-refractivity contribution in [2.45, 2.75) is 26.2 Å². The lowest BCUT2D eigenvalue weighted by molar-refractivity contribution is 0.0718. The van der Waals surface area contributed by atoms with Crippen LogP contribution in [0.2, 0.25) is 10.0 Å². The van der Waals surface area contributed by atoms with Gasteiger partial charge in [0.15, 0.2) is 5.78 Å².